The number of amides is 1. The summed E-state index contributed by atoms with van der Waals surface area (Å²) < 4.78 is 17.1. The second kappa shape index (κ2) is 10.6. The second-order valence-corrected chi connectivity index (χ2v) is 9.87. The first-order chi connectivity index (χ1) is 17.2. The van der Waals surface area contributed by atoms with E-state index in [2.05, 4.69) is 34.3 Å². The van der Waals surface area contributed by atoms with Crippen molar-refractivity contribution >= 4 is 6.09 Å². The van der Waals surface area contributed by atoms with Crippen molar-refractivity contribution < 1.29 is 19.0 Å². The maximum Gasteiger partial charge on any atom is 0.407 e. The number of aromatic nitrogens is 2. The van der Waals surface area contributed by atoms with Gasteiger partial charge in [0.15, 0.2) is 5.75 Å². The van der Waals surface area contributed by atoms with E-state index < -0.39 is 5.60 Å². The average molecular weight is 487 g/mol. The molecule has 1 aromatic heterocycles. The number of hydrogen-bond donors (Lipinski definition) is 1. The average Bonchev–Trinajstić information content (AvgIpc) is 2.82. The summed E-state index contributed by atoms with van der Waals surface area (Å²) in [5, 5.41) is 11.7. The molecule has 1 fully saturated rings. The summed E-state index contributed by atoms with van der Waals surface area (Å²) in [7, 11) is 0. The van der Waals surface area contributed by atoms with E-state index in [1.807, 2.05) is 63.2 Å². The molecule has 8 heteroatoms. The molecule has 0 radical (unpaired) electrons. The first-order valence-electron chi connectivity index (χ1n) is 11.9. The Morgan fingerprint density at radius 3 is 2.06 bits per heavy atom. The Bertz CT molecular complexity index is 1210. The predicted molar refractivity (Wildman–Crippen MR) is 134 cm³/mol. The molecule has 1 heterocycles. The zero-order valence-electron chi connectivity index (χ0n) is 20.9. The summed E-state index contributed by atoms with van der Waals surface area (Å²) in [5.41, 5.74) is 1.83. The van der Waals surface area contributed by atoms with E-state index in [-0.39, 0.29) is 30.0 Å². The Labute approximate surface area is 211 Å². The fourth-order valence-corrected chi connectivity index (χ4v) is 3.86. The molecular weight excluding hydrogens is 456 g/mol. The zero-order valence-corrected chi connectivity index (χ0v) is 20.9. The van der Waals surface area contributed by atoms with Gasteiger partial charge in [0.25, 0.3) is 0 Å². The molecule has 1 aliphatic carbocycles. The number of ether oxygens (including phenoxy) is 3. The molecule has 1 unspecified atom stereocenters. The van der Waals surface area contributed by atoms with Crippen molar-refractivity contribution in [2.24, 2.45) is 0 Å². The van der Waals surface area contributed by atoms with Gasteiger partial charge < -0.3 is 19.5 Å². The monoisotopic (exact) mass is 486 g/mol. The molecule has 0 bridgehead atoms. The fourth-order valence-electron chi connectivity index (χ4n) is 3.86. The van der Waals surface area contributed by atoms with E-state index in [0.717, 1.165) is 24.2 Å². The number of hydrogen-bond acceptors (Lipinski definition) is 7. The number of carbonyl (C=O) groups is 1. The molecule has 0 aliphatic heterocycles. The summed E-state index contributed by atoms with van der Waals surface area (Å²) in [6, 6.07) is 18.0. The minimum absolute atomic E-state index is 0.0838. The first-order valence-corrected chi connectivity index (χ1v) is 11.9. The van der Waals surface area contributed by atoms with Gasteiger partial charge in [-0.15, -0.1) is 0 Å². The topological polar surface area (TPSA) is 106 Å². The normalized spacial score (nSPS) is 17.8. The zero-order chi connectivity index (χ0) is 25.7. The van der Waals surface area contributed by atoms with E-state index in [1.54, 1.807) is 0 Å². The molecule has 1 saturated carbocycles. The van der Waals surface area contributed by atoms with E-state index in [4.69, 9.17) is 19.5 Å². The van der Waals surface area contributed by atoms with Crippen molar-refractivity contribution in [1.29, 1.82) is 5.26 Å². The number of nitriles is 1. The van der Waals surface area contributed by atoms with Crippen LogP contribution in [-0.4, -0.2) is 33.8 Å². The van der Waals surface area contributed by atoms with Gasteiger partial charge in [0.05, 0.1) is 12.4 Å². The number of alkyl carbamates (subject to hydrolysis) is 1. The van der Waals surface area contributed by atoms with Crippen LogP contribution >= 0.6 is 0 Å². The van der Waals surface area contributed by atoms with Crippen molar-refractivity contribution in [3.8, 4) is 23.3 Å². The Morgan fingerprint density at radius 1 is 0.972 bits per heavy atom. The van der Waals surface area contributed by atoms with E-state index in [0.29, 0.717) is 11.5 Å². The lowest BCUT2D eigenvalue weighted by molar-refractivity contribution is 0.0363. The van der Waals surface area contributed by atoms with Crippen LogP contribution in [0.4, 0.5) is 4.79 Å². The minimum atomic E-state index is -0.500. The van der Waals surface area contributed by atoms with Crippen molar-refractivity contribution in [2.75, 3.05) is 0 Å². The van der Waals surface area contributed by atoms with E-state index in [9.17, 15) is 4.79 Å². The molecular formula is C28H30N4O4. The van der Waals surface area contributed by atoms with E-state index in [1.165, 1.54) is 18.0 Å². The van der Waals surface area contributed by atoms with Crippen LogP contribution in [0.25, 0.3) is 0 Å². The molecule has 8 nitrogen and oxygen atoms in total. The number of nitrogens with zero attached hydrogens (tertiary/aromatic N) is 3. The van der Waals surface area contributed by atoms with Crippen LogP contribution in [0.15, 0.2) is 60.9 Å². The van der Waals surface area contributed by atoms with E-state index >= 15 is 0 Å². The summed E-state index contributed by atoms with van der Waals surface area (Å²) in [4.78, 5) is 19.7. The molecule has 186 valence electrons. The molecule has 3 aromatic rings. The second-order valence-electron chi connectivity index (χ2n) is 9.87. The smallest absolute Gasteiger partial charge is 0.407 e. The maximum absolute atomic E-state index is 11.9. The number of nitrogens with one attached hydrogen (secondary N) is 1. The van der Waals surface area contributed by atoms with Crippen LogP contribution in [0.5, 0.6) is 17.2 Å². The molecule has 1 atom stereocenters. The highest BCUT2D eigenvalue weighted by Crippen LogP contribution is 2.30. The van der Waals surface area contributed by atoms with Gasteiger partial charge in [-0.2, -0.15) is 5.26 Å². The maximum atomic E-state index is 11.9. The largest absolute Gasteiger partial charge is 0.490 e. The van der Waals surface area contributed by atoms with Crippen LogP contribution in [0.2, 0.25) is 0 Å². The quantitative estimate of drug-likeness (QED) is 0.455. The molecule has 1 aliphatic rings. The van der Waals surface area contributed by atoms with Gasteiger partial charge in [0.1, 0.15) is 29.3 Å². The third-order valence-corrected chi connectivity index (χ3v) is 5.84. The molecule has 1 amide bonds. The fraction of sp³-hybridized carbons (Fsp3) is 0.357. The highest BCUT2D eigenvalue weighted by molar-refractivity contribution is 5.68. The van der Waals surface area contributed by atoms with Gasteiger partial charge in [0.2, 0.25) is 5.82 Å². The third-order valence-electron chi connectivity index (χ3n) is 5.84. The molecule has 0 saturated heterocycles. The van der Waals surface area contributed by atoms with Crippen LogP contribution in [0.3, 0.4) is 0 Å². The molecule has 4 rings (SSSR count). The van der Waals surface area contributed by atoms with Gasteiger partial charge in [-0.25, -0.2) is 14.8 Å². The molecule has 1 N–H and O–H groups in total. The van der Waals surface area contributed by atoms with Gasteiger partial charge in [0, 0.05) is 24.8 Å². The van der Waals surface area contributed by atoms with Crippen LogP contribution < -0.4 is 14.8 Å². The highest BCUT2D eigenvalue weighted by Gasteiger charge is 2.33. The lowest BCUT2D eigenvalue weighted by Gasteiger charge is -2.36. The number of carbonyl (C=O) groups excluding carboxylic acids is 1. The van der Waals surface area contributed by atoms with Crippen LogP contribution in [0.1, 0.15) is 63.4 Å². The minimum Gasteiger partial charge on any atom is -0.490 e. The van der Waals surface area contributed by atoms with Crippen molar-refractivity contribution in [2.45, 2.75) is 64.2 Å². The van der Waals surface area contributed by atoms with Crippen molar-refractivity contribution in [1.82, 2.24) is 15.3 Å². The lowest BCUT2D eigenvalue weighted by atomic mass is 9.89. The van der Waals surface area contributed by atoms with Gasteiger partial charge >= 0.3 is 6.09 Å². The van der Waals surface area contributed by atoms with Crippen molar-refractivity contribution in [3.63, 3.8) is 0 Å². The predicted octanol–water partition coefficient (Wildman–Crippen LogP) is 5.73. The number of rotatable bonds is 7. The standard InChI is InChI=1S/C28H30N4O4/c1-18(20-7-11-23(12-8-20)35-25-16-30-26(15-29)31-17-25)19-5-9-22(10-6-19)34-24-13-21(14-24)32-27(33)36-28(2,3)4/h5-12,16-18,21,24H,13-14H2,1-4H3,(H,32,33). The molecule has 2 aromatic carbocycles. The first kappa shape index (κ1) is 25.0. The van der Waals surface area contributed by atoms with Crippen LogP contribution in [-0.2, 0) is 4.74 Å². The Hall–Kier alpha value is -4.12. The third kappa shape index (κ3) is 6.72. The van der Waals surface area contributed by atoms with Gasteiger partial charge in [-0.05, 0) is 56.2 Å². The highest BCUT2D eigenvalue weighted by atomic mass is 16.6. The summed E-state index contributed by atoms with van der Waals surface area (Å²) in [6.45, 7) is 7.70. The van der Waals surface area contributed by atoms with Crippen molar-refractivity contribution in [3.05, 3.63) is 77.9 Å². The van der Waals surface area contributed by atoms with Gasteiger partial charge in [-0.3, -0.25) is 0 Å². The summed E-state index contributed by atoms with van der Waals surface area (Å²) in [6.07, 6.45) is 4.19. The Balaban J connectivity index is 1.26. The Kier molecular flexibility index (Phi) is 7.39. The van der Waals surface area contributed by atoms with Crippen LogP contribution in [0, 0.1) is 11.3 Å². The Morgan fingerprint density at radius 2 is 1.53 bits per heavy atom. The lowest BCUT2D eigenvalue weighted by Crippen LogP contribution is -2.50. The van der Waals surface area contributed by atoms with Gasteiger partial charge in [-0.1, -0.05) is 31.2 Å². The number of benzene rings is 2. The molecule has 36 heavy (non-hydrogen) atoms. The SMILES string of the molecule is CC(c1ccc(Oc2cnc(C#N)nc2)cc1)c1ccc(OC2CC(NC(=O)OC(C)(C)C)C2)cc1. The summed E-state index contributed by atoms with van der Waals surface area (Å²) >= 11 is 0. The summed E-state index contributed by atoms with van der Waals surface area (Å²) in [5.74, 6) is 2.26. The molecule has 0 spiro atoms.